The van der Waals surface area contributed by atoms with Crippen LogP contribution in [0.3, 0.4) is 0 Å². The number of nitrogens with zero attached hydrogens (tertiary/aromatic N) is 2. The highest BCUT2D eigenvalue weighted by atomic mass is 16.5. The summed E-state index contributed by atoms with van der Waals surface area (Å²) in [6.07, 6.45) is 6.04. The fourth-order valence-electron chi connectivity index (χ4n) is 1.85. The van der Waals surface area contributed by atoms with Crippen LogP contribution >= 0.6 is 0 Å². The van der Waals surface area contributed by atoms with Crippen LogP contribution in [0.2, 0.25) is 0 Å². The molecule has 0 aromatic carbocycles. The molecular weight excluding hydrogens is 178 g/mol. The number of aryl methyl sites for hydroxylation is 1. The van der Waals surface area contributed by atoms with E-state index in [4.69, 9.17) is 10.5 Å². The average Bonchev–Trinajstić information content (AvgIpc) is 2.67. The SMILES string of the molecule is CCn1cc(C2OCCCC2N)cn1. The molecule has 2 N–H and O–H groups in total. The Morgan fingerprint density at radius 1 is 1.71 bits per heavy atom. The zero-order chi connectivity index (χ0) is 9.97. The van der Waals surface area contributed by atoms with E-state index in [9.17, 15) is 0 Å². The highest BCUT2D eigenvalue weighted by molar-refractivity contribution is 5.11. The molecule has 1 fully saturated rings. The van der Waals surface area contributed by atoms with Crippen LogP contribution in [-0.4, -0.2) is 22.4 Å². The Hall–Kier alpha value is -0.870. The summed E-state index contributed by atoms with van der Waals surface area (Å²) in [7, 11) is 0. The molecule has 0 amide bonds. The molecule has 2 unspecified atom stereocenters. The third kappa shape index (κ3) is 1.81. The maximum atomic E-state index is 6.00. The summed E-state index contributed by atoms with van der Waals surface area (Å²) in [5.41, 5.74) is 7.11. The van der Waals surface area contributed by atoms with E-state index in [1.807, 2.05) is 17.1 Å². The Bertz CT molecular complexity index is 297. The first-order chi connectivity index (χ1) is 6.81. The molecule has 0 saturated carbocycles. The summed E-state index contributed by atoms with van der Waals surface area (Å²) in [5.74, 6) is 0. The second-order valence-electron chi connectivity index (χ2n) is 3.73. The van der Waals surface area contributed by atoms with Crippen molar-refractivity contribution in [2.24, 2.45) is 5.73 Å². The van der Waals surface area contributed by atoms with Crippen molar-refractivity contribution in [2.75, 3.05) is 6.61 Å². The summed E-state index contributed by atoms with van der Waals surface area (Å²) in [4.78, 5) is 0. The van der Waals surface area contributed by atoms with E-state index >= 15 is 0 Å². The molecule has 2 heterocycles. The molecule has 4 heteroatoms. The molecule has 78 valence electrons. The van der Waals surface area contributed by atoms with Gasteiger partial charge in [-0.1, -0.05) is 0 Å². The van der Waals surface area contributed by atoms with Crippen molar-refractivity contribution in [2.45, 2.75) is 38.5 Å². The van der Waals surface area contributed by atoms with Crippen molar-refractivity contribution >= 4 is 0 Å². The van der Waals surface area contributed by atoms with E-state index in [0.717, 1.165) is 31.6 Å². The monoisotopic (exact) mass is 195 g/mol. The van der Waals surface area contributed by atoms with Gasteiger partial charge in [-0.15, -0.1) is 0 Å². The molecule has 0 radical (unpaired) electrons. The maximum absolute atomic E-state index is 6.00. The van der Waals surface area contributed by atoms with Crippen LogP contribution in [-0.2, 0) is 11.3 Å². The molecule has 2 atom stereocenters. The quantitative estimate of drug-likeness (QED) is 0.768. The standard InChI is InChI=1S/C10H17N3O/c1-2-13-7-8(6-12-13)10-9(11)4-3-5-14-10/h6-7,9-10H,2-5,11H2,1H3. The van der Waals surface area contributed by atoms with Crippen molar-refractivity contribution in [3.05, 3.63) is 18.0 Å². The lowest BCUT2D eigenvalue weighted by Crippen LogP contribution is -2.34. The maximum Gasteiger partial charge on any atom is 0.101 e. The lowest BCUT2D eigenvalue weighted by atomic mass is 9.99. The number of rotatable bonds is 2. The predicted molar refractivity (Wildman–Crippen MR) is 53.8 cm³/mol. The Labute approximate surface area is 84.0 Å². The topological polar surface area (TPSA) is 53.1 Å². The number of nitrogens with two attached hydrogens (primary N) is 1. The molecule has 0 spiro atoms. The highest BCUT2D eigenvalue weighted by Crippen LogP contribution is 2.26. The van der Waals surface area contributed by atoms with Gasteiger partial charge in [-0.05, 0) is 19.8 Å². The summed E-state index contributed by atoms with van der Waals surface area (Å²) in [5, 5.41) is 4.23. The minimum Gasteiger partial charge on any atom is -0.372 e. The second kappa shape index (κ2) is 4.11. The largest absolute Gasteiger partial charge is 0.372 e. The van der Waals surface area contributed by atoms with Gasteiger partial charge < -0.3 is 10.5 Å². The lowest BCUT2D eigenvalue weighted by molar-refractivity contribution is 0.0000955. The molecule has 0 bridgehead atoms. The smallest absolute Gasteiger partial charge is 0.101 e. The van der Waals surface area contributed by atoms with E-state index in [0.29, 0.717) is 0 Å². The third-order valence-corrected chi connectivity index (χ3v) is 2.67. The van der Waals surface area contributed by atoms with Gasteiger partial charge in [0.25, 0.3) is 0 Å². The third-order valence-electron chi connectivity index (χ3n) is 2.67. The van der Waals surface area contributed by atoms with E-state index in [1.54, 1.807) is 0 Å². The Balaban J connectivity index is 2.12. The van der Waals surface area contributed by atoms with Crippen LogP contribution in [0.15, 0.2) is 12.4 Å². The van der Waals surface area contributed by atoms with Crippen molar-refractivity contribution in [3.63, 3.8) is 0 Å². The van der Waals surface area contributed by atoms with Gasteiger partial charge in [0.2, 0.25) is 0 Å². The van der Waals surface area contributed by atoms with Crippen LogP contribution in [0, 0.1) is 0 Å². The van der Waals surface area contributed by atoms with Crippen LogP contribution in [0.5, 0.6) is 0 Å². The van der Waals surface area contributed by atoms with Gasteiger partial charge in [0.05, 0.1) is 6.20 Å². The zero-order valence-corrected chi connectivity index (χ0v) is 8.52. The summed E-state index contributed by atoms with van der Waals surface area (Å²) in [6, 6.07) is 0.123. The zero-order valence-electron chi connectivity index (χ0n) is 8.52. The molecule has 14 heavy (non-hydrogen) atoms. The van der Waals surface area contributed by atoms with E-state index in [2.05, 4.69) is 12.0 Å². The number of ether oxygens (including phenoxy) is 1. The first-order valence-corrected chi connectivity index (χ1v) is 5.21. The summed E-state index contributed by atoms with van der Waals surface area (Å²) >= 11 is 0. The van der Waals surface area contributed by atoms with Gasteiger partial charge in [-0.2, -0.15) is 5.10 Å². The molecule has 1 aromatic rings. The van der Waals surface area contributed by atoms with Gasteiger partial charge in [0, 0.05) is 31.0 Å². The lowest BCUT2D eigenvalue weighted by Gasteiger charge is -2.27. The molecule has 1 aromatic heterocycles. The van der Waals surface area contributed by atoms with Crippen LogP contribution < -0.4 is 5.73 Å². The molecular formula is C10H17N3O. The van der Waals surface area contributed by atoms with Crippen molar-refractivity contribution in [3.8, 4) is 0 Å². The second-order valence-corrected chi connectivity index (χ2v) is 3.73. The summed E-state index contributed by atoms with van der Waals surface area (Å²) < 4.78 is 7.56. The Morgan fingerprint density at radius 3 is 3.21 bits per heavy atom. The molecule has 2 rings (SSSR count). The van der Waals surface area contributed by atoms with E-state index in [-0.39, 0.29) is 12.1 Å². The molecule has 4 nitrogen and oxygen atoms in total. The van der Waals surface area contributed by atoms with Crippen LogP contribution in [0.4, 0.5) is 0 Å². The fraction of sp³-hybridized carbons (Fsp3) is 0.700. The van der Waals surface area contributed by atoms with Crippen molar-refractivity contribution < 1.29 is 4.74 Å². The highest BCUT2D eigenvalue weighted by Gasteiger charge is 2.25. The summed E-state index contributed by atoms with van der Waals surface area (Å²) in [6.45, 7) is 3.77. The van der Waals surface area contributed by atoms with Gasteiger partial charge in [-0.25, -0.2) is 0 Å². The van der Waals surface area contributed by atoms with E-state index < -0.39 is 0 Å². The first-order valence-electron chi connectivity index (χ1n) is 5.21. The Kier molecular flexibility index (Phi) is 2.84. The number of hydrogen-bond acceptors (Lipinski definition) is 3. The minimum absolute atomic E-state index is 0.0454. The van der Waals surface area contributed by atoms with Gasteiger partial charge in [0.15, 0.2) is 0 Å². The number of hydrogen-bond donors (Lipinski definition) is 1. The van der Waals surface area contributed by atoms with Crippen LogP contribution in [0.1, 0.15) is 31.4 Å². The minimum atomic E-state index is 0.0454. The molecule has 1 saturated heterocycles. The first kappa shape index (κ1) is 9.68. The normalized spacial score (nSPS) is 27.9. The predicted octanol–water partition coefficient (Wildman–Crippen LogP) is 1.08. The van der Waals surface area contributed by atoms with Crippen molar-refractivity contribution in [1.82, 2.24) is 9.78 Å². The van der Waals surface area contributed by atoms with Crippen LogP contribution in [0.25, 0.3) is 0 Å². The van der Waals surface area contributed by atoms with E-state index in [1.165, 1.54) is 0 Å². The van der Waals surface area contributed by atoms with Gasteiger partial charge in [-0.3, -0.25) is 4.68 Å². The van der Waals surface area contributed by atoms with Gasteiger partial charge >= 0.3 is 0 Å². The molecule has 1 aliphatic heterocycles. The van der Waals surface area contributed by atoms with Crippen molar-refractivity contribution in [1.29, 1.82) is 0 Å². The number of aromatic nitrogens is 2. The Morgan fingerprint density at radius 2 is 2.57 bits per heavy atom. The average molecular weight is 195 g/mol. The fourth-order valence-corrected chi connectivity index (χ4v) is 1.85. The molecule has 1 aliphatic rings. The molecule has 0 aliphatic carbocycles. The van der Waals surface area contributed by atoms with Gasteiger partial charge in [0.1, 0.15) is 6.10 Å².